The molecule has 1 aliphatic carbocycles. The molecular formula is C19H23N3O. The fourth-order valence-corrected chi connectivity index (χ4v) is 4.07. The van der Waals surface area contributed by atoms with Gasteiger partial charge in [0, 0.05) is 31.6 Å². The minimum absolute atomic E-state index is 0.192. The summed E-state index contributed by atoms with van der Waals surface area (Å²) in [4.78, 5) is 17.0. The summed E-state index contributed by atoms with van der Waals surface area (Å²) in [5.41, 5.74) is 3.86. The highest BCUT2D eigenvalue weighted by molar-refractivity contribution is 5.77. The minimum atomic E-state index is 0.192. The number of amides is 1. The van der Waals surface area contributed by atoms with Crippen LogP contribution in [0.1, 0.15) is 47.8 Å². The van der Waals surface area contributed by atoms with E-state index in [2.05, 4.69) is 45.3 Å². The van der Waals surface area contributed by atoms with Gasteiger partial charge < -0.3 is 9.88 Å². The number of nitrogens with one attached hydrogen (secondary N) is 1. The molecule has 4 heteroatoms. The van der Waals surface area contributed by atoms with E-state index in [1.54, 1.807) is 0 Å². The number of hydrogen-bond acceptors (Lipinski definition) is 2. The van der Waals surface area contributed by atoms with Gasteiger partial charge in [-0.3, -0.25) is 4.79 Å². The molecule has 2 aromatic rings. The van der Waals surface area contributed by atoms with Gasteiger partial charge in [-0.2, -0.15) is 0 Å². The summed E-state index contributed by atoms with van der Waals surface area (Å²) >= 11 is 0. The molecule has 2 heterocycles. The minimum Gasteiger partial charge on any atom is -0.352 e. The first kappa shape index (κ1) is 14.5. The molecule has 0 radical (unpaired) electrons. The van der Waals surface area contributed by atoms with Crippen LogP contribution < -0.4 is 5.32 Å². The van der Waals surface area contributed by atoms with E-state index in [1.807, 2.05) is 6.92 Å². The zero-order valence-corrected chi connectivity index (χ0v) is 13.6. The number of hydrogen-bond donors (Lipinski definition) is 1. The van der Waals surface area contributed by atoms with E-state index in [1.165, 1.54) is 11.1 Å². The molecule has 0 saturated heterocycles. The number of benzene rings is 1. The van der Waals surface area contributed by atoms with Gasteiger partial charge in [-0.05, 0) is 43.2 Å². The van der Waals surface area contributed by atoms with Crippen LogP contribution in [0.15, 0.2) is 30.5 Å². The second-order valence-electron chi connectivity index (χ2n) is 6.89. The Balaban J connectivity index is 1.36. The number of carbonyl (C=O) groups excluding carboxylic acids is 1. The van der Waals surface area contributed by atoms with Crippen LogP contribution in [0.25, 0.3) is 0 Å². The molecule has 0 spiro atoms. The van der Waals surface area contributed by atoms with Crippen molar-refractivity contribution in [3.63, 3.8) is 0 Å². The van der Waals surface area contributed by atoms with Crippen molar-refractivity contribution in [1.29, 1.82) is 0 Å². The maximum absolute atomic E-state index is 12.5. The van der Waals surface area contributed by atoms with Crippen molar-refractivity contribution in [2.24, 2.45) is 0 Å². The van der Waals surface area contributed by atoms with E-state index >= 15 is 0 Å². The molecule has 1 N–H and O–H groups in total. The number of aryl methyl sites for hydroxylation is 3. The predicted octanol–water partition coefficient (Wildman–Crippen LogP) is 2.74. The van der Waals surface area contributed by atoms with Crippen LogP contribution in [0.2, 0.25) is 0 Å². The van der Waals surface area contributed by atoms with Gasteiger partial charge in [0.25, 0.3) is 0 Å². The zero-order valence-electron chi connectivity index (χ0n) is 13.6. The van der Waals surface area contributed by atoms with Crippen LogP contribution in [-0.4, -0.2) is 21.5 Å². The fourth-order valence-electron chi connectivity index (χ4n) is 4.07. The van der Waals surface area contributed by atoms with Crippen LogP contribution in [0, 0.1) is 6.92 Å². The van der Waals surface area contributed by atoms with Gasteiger partial charge in [-0.15, -0.1) is 0 Å². The molecule has 4 nitrogen and oxygen atoms in total. The number of aromatic nitrogens is 2. The smallest absolute Gasteiger partial charge is 0.220 e. The van der Waals surface area contributed by atoms with E-state index in [0.717, 1.165) is 43.7 Å². The second kappa shape index (κ2) is 5.84. The predicted molar refractivity (Wildman–Crippen MR) is 89.3 cm³/mol. The summed E-state index contributed by atoms with van der Waals surface area (Å²) in [6.45, 7) is 2.87. The monoisotopic (exact) mass is 309 g/mol. The van der Waals surface area contributed by atoms with Gasteiger partial charge in [-0.25, -0.2) is 4.98 Å². The second-order valence-corrected chi connectivity index (χ2v) is 6.89. The van der Waals surface area contributed by atoms with E-state index in [0.29, 0.717) is 12.3 Å². The highest BCUT2D eigenvalue weighted by Crippen LogP contribution is 2.35. The molecule has 1 aliphatic heterocycles. The highest BCUT2D eigenvalue weighted by Gasteiger charge is 2.26. The van der Waals surface area contributed by atoms with Gasteiger partial charge in [-0.1, -0.05) is 24.3 Å². The molecule has 2 aliphatic rings. The lowest BCUT2D eigenvalue weighted by molar-refractivity contribution is -0.122. The Morgan fingerprint density at radius 2 is 2.17 bits per heavy atom. The average molecular weight is 309 g/mol. The Labute approximate surface area is 136 Å². The van der Waals surface area contributed by atoms with Crippen LogP contribution in [0.5, 0.6) is 0 Å². The average Bonchev–Trinajstić information content (AvgIpc) is 3.10. The lowest BCUT2D eigenvalue weighted by atomic mass is 9.97. The first-order valence-electron chi connectivity index (χ1n) is 8.59. The topological polar surface area (TPSA) is 46.9 Å². The number of rotatable bonds is 3. The summed E-state index contributed by atoms with van der Waals surface area (Å²) in [6, 6.07) is 8.78. The Morgan fingerprint density at radius 3 is 3.09 bits per heavy atom. The molecule has 120 valence electrons. The molecular weight excluding hydrogens is 286 g/mol. The first-order valence-corrected chi connectivity index (χ1v) is 8.59. The number of carbonyl (C=O) groups is 1. The molecule has 1 aromatic heterocycles. The van der Waals surface area contributed by atoms with Crippen molar-refractivity contribution in [2.75, 3.05) is 0 Å². The Bertz CT molecular complexity index is 734. The van der Waals surface area contributed by atoms with Crippen molar-refractivity contribution >= 4 is 5.91 Å². The van der Waals surface area contributed by atoms with Crippen molar-refractivity contribution in [2.45, 2.75) is 57.5 Å². The SMILES string of the molecule is Cc1cn2c(n1)CC[C@@H](NC(=O)C[C@@H]1CCc3ccccc31)C2. The summed E-state index contributed by atoms with van der Waals surface area (Å²) in [6.07, 6.45) is 6.84. The normalized spacial score (nSPS) is 22.5. The third kappa shape index (κ3) is 2.90. The largest absolute Gasteiger partial charge is 0.352 e. The van der Waals surface area contributed by atoms with E-state index in [9.17, 15) is 4.79 Å². The number of imidazole rings is 1. The Hall–Kier alpha value is -2.10. The fraction of sp³-hybridized carbons (Fsp3) is 0.474. The summed E-state index contributed by atoms with van der Waals surface area (Å²) in [5.74, 6) is 1.73. The van der Waals surface area contributed by atoms with Gasteiger partial charge in [0.1, 0.15) is 5.82 Å². The quantitative estimate of drug-likeness (QED) is 0.947. The molecule has 4 rings (SSSR count). The molecule has 2 atom stereocenters. The van der Waals surface area contributed by atoms with Crippen LogP contribution in [0.4, 0.5) is 0 Å². The Kier molecular flexibility index (Phi) is 3.68. The van der Waals surface area contributed by atoms with E-state index in [-0.39, 0.29) is 11.9 Å². The highest BCUT2D eigenvalue weighted by atomic mass is 16.1. The van der Waals surface area contributed by atoms with Crippen molar-refractivity contribution < 1.29 is 4.79 Å². The van der Waals surface area contributed by atoms with Crippen LogP contribution in [-0.2, 0) is 24.2 Å². The van der Waals surface area contributed by atoms with Gasteiger partial charge in [0.05, 0.1) is 5.69 Å². The standard InChI is InChI=1S/C19H23N3O/c1-13-11-22-12-16(8-9-18(22)20-13)21-19(23)10-15-7-6-14-4-2-3-5-17(14)15/h2-5,11,15-16H,6-10,12H2,1H3,(H,21,23)/t15-,16+/m0/s1. The maximum Gasteiger partial charge on any atom is 0.220 e. The van der Waals surface area contributed by atoms with Crippen LogP contribution >= 0.6 is 0 Å². The maximum atomic E-state index is 12.5. The third-order valence-electron chi connectivity index (χ3n) is 5.17. The lowest BCUT2D eigenvalue weighted by Gasteiger charge is -2.25. The summed E-state index contributed by atoms with van der Waals surface area (Å²) < 4.78 is 2.19. The van der Waals surface area contributed by atoms with E-state index < -0.39 is 0 Å². The first-order chi connectivity index (χ1) is 11.2. The zero-order chi connectivity index (χ0) is 15.8. The molecule has 0 bridgehead atoms. The molecule has 0 saturated carbocycles. The van der Waals surface area contributed by atoms with Gasteiger partial charge >= 0.3 is 0 Å². The number of fused-ring (bicyclic) bond motifs is 2. The molecule has 0 unspecified atom stereocenters. The lowest BCUT2D eigenvalue weighted by Crippen LogP contribution is -2.41. The third-order valence-corrected chi connectivity index (χ3v) is 5.17. The summed E-state index contributed by atoms with van der Waals surface area (Å²) in [5, 5.41) is 3.24. The van der Waals surface area contributed by atoms with Crippen molar-refractivity contribution in [3.05, 3.63) is 53.1 Å². The molecule has 0 fully saturated rings. The van der Waals surface area contributed by atoms with E-state index in [4.69, 9.17) is 0 Å². The number of nitrogens with zero attached hydrogens (tertiary/aromatic N) is 2. The van der Waals surface area contributed by atoms with Crippen molar-refractivity contribution in [1.82, 2.24) is 14.9 Å². The summed E-state index contributed by atoms with van der Waals surface area (Å²) in [7, 11) is 0. The Morgan fingerprint density at radius 1 is 1.30 bits per heavy atom. The van der Waals surface area contributed by atoms with Crippen LogP contribution in [0.3, 0.4) is 0 Å². The van der Waals surface area contributed by atoms with Crippen molar-refractivity contribution in [3.8, 4) is 0 Å². The molecule has 1 amide bonds. The van der Waals surface area contributed by atoms with Gasteiger partial charge in [0.15, 0.2) is 0 Å². The van der Waals surface area contributed by atoms with Gasteiger partial charge in [0.2, 0.25) is 5.91 Å². The molecule has 1 aromatic carbocycles. The molecule has 23 heavy (non-hydrogen) atoms.